The number of amides is 1. The van der Waals surface area contributed by atoms with Crippen LogP contribution in [0.3, 0.4) is 0 Å². The first-order chi connectivity index (χ1) is 16.4. The van der Waals surface area contributed by atoms with Gasteiger partial charge in [0, 0.05) is 42.3 Å². The Morgan fingerprint density at radius 3 is 2.38 bits per heavy atom. The van der Waals surface area contributed by atoms with Crippen LogP contribution in [0, 0.1) is 27.7 Å². The second-order valence-electron chi connectivity index (χ2n) is 9.57. The monoisotopic (exact) mass is 475 g/mol. The van der Waals surface area contributed by atoms with Gasteiger partial charge >= 0.3 is 0 Å². The van der Waals surface area contributed by atoms with Crippen molar-refractivity contribution in [2.75, 3.05) is 31.1 Å². The smallest absolute Gasteiger partial charge is 0.241 e. The number of thiazole rings is 1. The molecule has 0 spiro atoms. The summed E-state index contributed by atoms with van der Waals surface area (Å²) in [7, 11) is 0. The van der Waals surface area contributed by atoms with E-state index in [4.69, 9.17) is 4.98 Å². The van der Waals surface area contributed by atoms with Crippen molar-refractivity contribution in [3.8, 4) is 10.6 Å². The number of hydrogen-bond acceptors (Lipinski definition) is 6. The highest BCUT2D eigenvalue weighted by Crippen LogP contribution is 2.35. The molecule has 3 aromatic rings. The van der Waals surface area contributed by atoms with Crippen molar-refractivity contribution in [3.63, 3.8) is 0 Å². The summed E-state index contributed by atoms with van der Waals surface area (Å²) in [4.78, 5) is 23.7. The third kappa shape index (κ3) is 4.60. The number of anilines is 1. The van der Waals surface area contributed by atoms with Gasteiger partial charge in [-0.1, -0.05) is 42.0 Å². The molecule has 3 heterocycles. The number of aryl methyl sites for hydroxylation is 4. The van der Waals surface area contributed by atoms with Gasteiger partial charge in [0.15, 0.2) is 0 Å². The predicted molar refractivity (Wildman–Crippen MR) is 139 cm³/mol. The first kappa shape index (κ1) is 23.0. The topological polar surface area (TPSA) is 60.5 Å². The molecule has 2 unspecified atom stereocenters. The van der Waals surface area contributed by atoms with Crippen molar-refractivity contribution < 1.29 is 4.79 Å². The van der Waals surface area contributed by atoms with E-state index in [1.807, 2.05) is 4.90 Å². The number of nitrogens with zero attached hydrogens (tertiary/aromatic N) is 3. The Balaban J connectivity index is 1.21. The Labute approximate surface area is 206 Å². The summed E-state index contributed by atoms with van der Waals surface area (Å²) in [6.07, 6.45) is 0.742. The molecule has 178 valence electrons. The van der Waals surface area contributed by atoms with Crippen molar-refractivity contribution in [1.29, 1.82) is 0 Å². The van der Waals surface area contributed by atoms with Gasteiger partial charge in [-0.05, 0) is 51.3 Å². The van der Waals surface area contributed by atoms with Gasteiger partial charge in [-0.2, -0.15) is 0 Å². The quantitative estimate of drug-likeness (QED) is 0.589. The van der Waals surface area contributed by atoms with Crippen molar-refractivity contribution in [2.45, 2.75) is 46.2 Å². The molecule has 0 radical (unpaired) electrons. The lowest BCUT2D eigenvalue weighted by Crippen LogP contribution is -2.53. The molecule has 5 rings (SSSR count). The summed E-state index contributed by atoms with van der Waals surface area (Å²) in [5.41, 5.74) is 13.9. The van der Waals surface area contributed by atoms with Crippen LogP contribution in [0.5, 0.6) is 0 Å². The van der Waals surface area contributed by atoms with E-state index in [9.17, 15) is 4.79 Å². The SMILES string of the molecule is Cc1ccc(-c2nc(C)c(C3CC(C(=O)N4CCN(c5cc(C)ccc5C)CC4)NN3)s2)cc1. The highest BCUT2D eigenvalue weighted by atomic mass is 32.1. The van der Waals surface area contributed by atoms with Crippen LogP contribution in [0.1, 0.15) is 39.7 Å². The van der Waals surface area contributed by atoms with E-state index in [-0.39, 0.29) is 18.0 Å². The van der Waals surface area contributed by atoms with Gasteiger partial charge in [0.2, 0.25) is 5.91 Å². The predicted octanol–water partition coefficient (Wildman–Crippen LogP) is 4.30. The summed E-state index contributed by atoms with van der Waals surface area (Å²) in [6, 6.07) is 15.0. The molecule has 2 atom stereocenters. The van der Waals surface area contributed by atoms with Gasteiger partial charge in [0.25, 0.3) is 0 Å². The molecule has 34 heavy (non-hydrogen) atoms. The molecule has 0 bridgehead atoms. The van der Waals surface area contributed by atoms with Crippen molar-refractivity contribution in [2.24, 2.45) is 0 Å². The number of rotatable bonds is 4. The minimum absolute atomic E-state index is 0.0990. The summed E-state index contributed by atoms with van der Waals surface area (Å²) in [6.45, 7) is 11.7. The maximum atomic E-state index is 13.3. The number of hydrazine groups is 1. The van der Waals surface area contributed by atoms with Crippen LogP contribution in [-0.2, 0) is 4.79 Å². The molecule has 2 aromatic carbocycles. The van der Waals surface area contributed by atoms with E-state index in [1.54, 1.807) is 11.3 Å². The molecule has 1 aromatic heterocycles. The van der Waals surface area contributed by atoms with Crippen LogP contribution in [0.25, 0.3) is 10.6 Å². The fourth-order valence-corrected chi connectivity index (χ4v) is 6.02. The van der Waals surface area contributed by atoms with Crippen LogP contribution in [0.15, 0.2) is 42.5 Å². The maximum Gasteiger partial charge on any atom is 0.241 e. The van der Waals surface area contributed by atoms with E-state index in [1.165, 1.54) is 27.3 Å². The molecule has 2 aliphatic heterocycles. The lowest BCUT2D eigenvalue weighted by atomic mass is 10.1. The lowest BCUT2D eigenvalue weighted by molar-refractivity contribution is -0.133. The number of aromatic nitrogens is 1. The van der Waals surface area contributed by atoms with Crippen molar-refractivity contribution in [3.05, 3.63) is 69.7 Å². The third-order valence-electron chi connectivity index (χ3n) is 6.95. The molecular formula is C27H33N5OS. The first-order valence-electron chi connectivity index (χ1n) is 12.1. The second-order valence-corrected chi connectivity index (χ2v) is 10.6. The maximum absolute atomic E-state index is 13.3. The first-order valence-corrected chi connectivity index (χ1v) is 12.9. The Morgan fingerprint density at radius 1 is 0.941 bits per heavy atom. The second kappa shape index (κ2) is 9.49. The van der Waals surface area contributed by atoms with Crippen LogP contribution in [0.2, 0.25) is 0 Å². The zero-order valence-electron chi connectivity index (χ0n) is 20.4. The summed E-state index contributed by atoms with van der Waals surface area (Å²) in [5.74, 6) is 0.191. The molecule has 2 saturated heterocycles. The van der Waals surface area contributed by atoms with Gasteiger partial charge in [-0.15, -0.1) is 11.3 Å². The van der Waals surface area contributed by atoms with Gasteiger partial charge in [-0.3, -0.25) is 4.79 Å². The average Bonchev–Trinajstić information content (AvgIpc) is 3.48. The molecular weight excluding hydrogens is 442 g/mol. The van der Waals surface area contributed by atoms with Crippen LogP contribution < -0.4 is 15.8 Å². The molecule has 0 saturated carbocycles. The van der Waals surface area contributed by atoms with Gasteiger partial charge in [0.1, 0.15) is 11.0 Å². The largest absolute Gasteiger partial charge is 0.368 e. The summed E-state index contributed by atoms with van der Waals surface area (Å²) in [5, 5.41) is 1.03. The average molecular weight is 476 g/mol. The van der Waals surface area contributed by atoms with E-state index >= 15 is 0 Å². The van der Waals surface area contributed by atoms with Crippen molar-refractivity contribution in [1.82, 2.24) is 20.7 Å². The fourth-order valence-electron chi connectivity index (χ4n) is 4.89. The number of nitrogens with one attached hydrogen (secondary N) is 2. The number of benzene rings is 2. The van der Waals surface area contributed by atoms with Gasteiger partial charge < -0.3 is 9.80 Å². The lowest BCUT2D eigenvalue weighted by Gasteiger charge is -2.37. The van der Waals surface area contributed by atoms with E-state index in [2.05, 4.69) is 85.9 Å². The number of carbonyl (C=O) groups excluding carboxylic acids is 1. The number of hydrogen-bond donors (Lipinski definition) is 2. The molecule has 0 aliphatic carbocycles. The Hall–Kier alpha value is -2.74. The minimum atomic E-state index is -0.207. The van der Waals surface area contributed by atoms with Crippen molar-refractivity contribution >= 4 is 22.9 Å². The Kier molecular flexibility index (Phi) is 6.42. The highest BCUT2D eigenvalue weighted by molar-refractivity contribution is 7.15. The molecule has 1 amide bonds. The van der Waals surface area contributed by atoms with Gasteiger partial charge in [0.05, 0.1) is 11.7 Å². The molecule has 7 heteroatoms. The summed E-state index contributed by atoms with van der Waals surface area (Å²) < 4.78 is 0. The minimum Gasteiger partial charge on any atom is -0.368 e. The third-order valence-corrected chi connectivity index (χ3v) is 8.27. The van der Waals surface area contributed by atoms with Crippen LogP contribution >= 0.6 is 11.3 Å². The van der Waals surface area contributed by atoms with E-state index in [0.29, 0.717) is 0 Å². The fraction of sp³-hybridized carbons (Fsp3) is 0.407. The molecule has 6 nitrogen and oxygen atoms in total. The highest BCUT2D eigenvalue weighted by Gasteiger charge is 2.35. The Bertz CT molecular complexity index is 1180. The van der Waals surface area contributed by atoms with E-state index < -0.39 is 0 Å². The zero-order valence-corrected chi connectivity index (χ0v) is 21.2. The van der Waals surface area contributed by atoms with E-state index in [0.717, 1.165) is 48.9 Å². The molecule has 2 fully saturated rings. The normalized spacial score (nSPS) is 20.7. The number of piperazine rings is 1. The van der Waals surface area contributed by atoms with Gasteiger partial charge in [-0.25, -0.2) is 15.8 Å². The summed E-state index contributed by atoms with van der Waals surface area (Å²) >= 11 is 1.72. The van der Waals surface area contributed by atoms with Crippen LogP contribution in [-0.4, -0.2) is 48.0 Å². The molecule has 2 aliphatic rings. The molecule has 2 N–H and O–H groups in total. The zero-order chi connectivity index (χ0) is 23.8. The number of carbonyl (C=O) groups is 1. The van der Waals surface area contributed by atoms with Crippen LogP contribution in [0.4, 0.5) is 5.69 Å². The standard InChI is InChI=1S/C27H33N5OS/c1-17-6-9-21(10-7-17)26-28-20(4)25(34-26)22-16-23(30-29-22)27(33)32-13-11-31(12-14-32)24-15-18(2)5-8-19(24)3/h5-10,15,22-23,29-30H,11-14,16H2,1-4H3. The Morgan fingerprint density at radius 2 is 1.65 bits per heavy atom.